The molecule has 0 saturated carbocycles. The molecule has 0 atom stereocenters. The molecule has 2 aromatic heterocycles. The second-order valence-electron chi connectivity index (χ2n) is 7.83. The van der Waals surface area contributed by atoms with Crippen molar-refractivity contribution in [3.8, 4) is 17.3 Å². The molecule has 0 aliphatic heterocycles. The zero-order valence-corrected chi connectivity index (χ0v) is 19.6. The Bertz CT molecular complexity index is 1420. The molecule has 0 radical (unpaired) electrons. The molecule has 1 amide bonds. The molecule has 0 unspecified atom stereocenters. The molecule has 4 rings (SSSR count). The smallest absolute Gasteiger partial charge is 0.287 e. The van der Waals surface area contributed by atoms with Crippen molar-refractivity contribution < 1.29 is 9.72 Å². The Hall–Kier alpha value is -5.37. The van der Waals surface area contributed by atoms with Gasteiger partial charge in [0.15, 0.2) is 0 Å². The monoisotopic (exact) mass is 494 g/mol. The van der Waals surface area contributed by atoms with E-state index in [9.17, 15) is 14.9 Å². The van der Waals surface area contributed by atoms with Crippen molar-refractivity contribution in [3.63, 3.8) is 0 Å². The second-order valence-corrected chi connectivity index (χ2v) is 7.83. The third kappa shape index (κ3) is 6.61. The zero-order chi connectivity index (χ0) is 26.0. The number of hydrogen-bond donors (Lipinski definition) is 3. The summed E-state index contributed by atoms with van der Waals surface area (Å²) < 4.78 is 0. The molecule has 184 valence electrons. The number of nitriles is 1. The Balaban J connectivity index is 1.46. The van der Waals surface area contributed by atoms with Gasteiger partial charge in [-0.3, -0.25) is 14.9 Å². The van der Waals surface area contributed by atoms with Gasteiger partial charge in [0.1, 0.15) is 12.0 Å². The fourth-order valence-electron chi connectivity index (χ4n) is 3.39. The number of nitrogens with zero attached hydrogens (tertiary/aromatic N) is 5. The van der Waals surface area contributed by atoms with Gasteiger partial charge in [0.2, 0.25) is 5.95 Å². The van der Waals surface area contributed by atoms with Crippen molar-refractivity contribution in [2.45, 2.75) is 6.54 Å². The average Bonchev–Trinajstić information content (AvgIpc) is 2.95. The molecule has 4 aromatic rings. The lowest BCUT2D eigenvalue weighted by Crippen LogP contribution is -2.24. The van der Waals surface area contributed by atoms with E-state index < -0.39 is 4.92 Å². The number of nitro groups is 1. The maximum Gasteiger partial charge on any atom is 0.287 e. The van der Waals surface area contributed by atoms with Crippen molar-refractivity contribution in [2.24, 2.45) is 0 Å². The van der Waals surface area contributed by atoms with Crippen LogP contribution in [-0.2, 0) is 6.54 Å². The minimum absolute atomic E-state index is 0.0831. The highest BCUT2D eigenvalue weighted by Crippen LogP contribution is 2.23. The summed E-state index contributed by atoms with van der Waals surface area (Å²) in [6.45, 7) is 1.22. The fourth-order valence-corrected chi connectivity index (χ4v) is 3.39. The Morgan fingerprint density at radius 2 is 1.70 bits per heavy atom. The van der Waals surface area contributed by atoms with E-state index in [0.29, 0.717) is 53.8 Å². The van der Waals surface area contributed by atoms with E-state index in [1.807, 2.05) is 30.3 Å². The number of aromatic nitrogens is 3. The Kier molecular flexibility index (Phi) is 7.93. The standard InChI is InChI=1S/C26H22N8O3/c27-14-18-6-8-20(9-7-18)24-22(25(35)31-15-19-4-2-1-3-5-19)17-32-26(33-24)29-13-12-28-23-11-10-21(16-30-23)34(36)37/h1-11,16-17H,12-13,15H2,(H,28,30)(H,31,35)(H,29,32,33). The van der Waals surface area contributed by atoms with Crippen LogP contribution in [0, 0.1) is 21.4 Å². The zero-order valence-electron chi connectivity index (χ0n) is 19.6. The van der Waals surface area contributed by atoms with Crippen LogP contribution in [0.5, 0.6) is 0 Å². The quantitative estimate of drug-likeness (QED) is 0.169. The van der Waals surface area contributed by atoms with Gasteiger partial charge in [0.25, 0.3) is 11.6 Å². The molecule has 2 heterocycles. The molecular weight excluding hydrogens is 472 g/mol. The van der Waals surface area contributed by atoms with Crippen LogP contribution < -0.4 is 16.0 Å². The first-order valence-electron chi connectivity index (χ1n) is 11.3. The highest BCUT2D eigenvalue weighted by Gasteiger charge is 2.16. The van der Waals surface area contributed by atoms with Crippen molar-refractivity contribution >= 4 is 23.4 Å². The molecule has 11 nitrogen and oxygen atoms in total. The first kappa shape index (κ1) is 24.7. The number of rotatable bonds is 10. The summed E-state index contributed by atoms with van der Waals surface area (Å²) in [4.78, 5) is 36.1. The van der Waals surface area contributed by atoms with Crippen LogP contribution in [0.1, 0.15) is 21.5 Å². The van der Waals surface area contributed by atoms with Gasteiger partial charge in [-0.25, -0.2) is 15.0 Å². The number of anilines is 2. The van der Waals surface area contributed by atoms with Crippen molar-refractivity contribution in [1.29, 1.82) is 5.26 Å². The predicted molar refractivity (Wildman–Crippen MR) is 138 cm³/mol. The highest BCUT2D eigenvalue weighted by atomic mass is 16.6. The van der Waals surface area contributed by atoms with Crippen LogP contribution in [-0.4, -0.2) is 38.9 Å². The maximum atomic E-state index is 13.0. The third-order valence-electron chi connectivity index (χ3n) is 5.29. The molecule has 37 heavy (non-hydrogen) atoms. The van der Waals surface area contributed by atoms with Gasteiger partial charge in [-0.05, 0) is 23.8 Å². The fraction of sp³-hybridized carbons (Fsp3) is 0.115. The van der Waals surface area contributed by atoms with E-state index in [1.165, 1.54) is 24.5 Å². The largest absolute Gasteiger partial charge is 0.368 e. The Morgan fingerprint density at radius 3 is 2.38 bits per heavy atom. The first-order chi connectivity index (χ1) is 18.0. The van der Waals surface area contributed by atoms with Crippen LogP contribution in [0.2, 0.25) is 0 Å². The van der Waals surface area contributed by atoms with Crippen molar-refractivity contribution in [1.82, 2.24) is 20.3 Å². The van der Waals surface area contributed by atoms with E-state index in [2.05, 4.69) is 37.0 Å². The Morgan fingerprint density at radius 1 is 0.946 bits per heavy atom. The van der Waals surface area contributed by atoms with Crippen LogP contribution in [0.4, 0.5) is 17.5 Å². The number of carbonyl (C=O) groups is 1. The first-order valence-corrected chi connectivity index (χ1v) is 11.3. The molecule has 11 heteroatoms. The Labute approximate surface area is 212 Å². The summed E-state index contributed by atoms with van der Waals surface area (Å²) in [6, 6.07) is 21.3. The number of hydrogen-bond acceptors (Lipinski definition) is 9. The summed E-state index contributed by atoms with van der Waals surface area (Å²) in [7, 11) is 0. The average molecular weight is 495 g/mol. The van der Waals surface area contributed by atoms with Gasteiger partial charge >= 0.3 is 0 Å². The van der Waals surface area contributed by atoms with Crippen LogP contribution >= 0.6 is 0 Å². The topological polar surface area (TPSA) is 159 Å². The van der Waals surface area contributed by atoms with E-state index >= 15 is 0 Å². The van der Waals surface area contributed by atoms with Gasteiger partial charge in [-0.15, -0.1) is 0 Å². The lowest BCUT2D eigenvalue weighted by molar-refractivity contribution is -0.385. The van der Waals surface area contributed by atoms with E-state index in [1.54, 1.807) is 24.3 Å². The molecule has 0 aliphatic rings. The summed E-state index contributed by atoms with van der Waals surface area (Å²) in [6.07, 6.45) is 2.65. The van der Waals surface area contributed by atoms with E-state index in [4.69, 9.17) is 5.26 Å². The lowest BCUT2D eigenvalue weighted by Gasteiger charge is -2.12. The van der Waals surface area contributed by atoms with Crippen LogP contribution in [0.3, 0.4) is 0 Å². The van der Waals surface area contributed by atoms with Crippen LogP contribution in [0.25, 0.3) is 11.3 Å². The normalized spacial score (nSPS) is 10.2. The molecule has 0 spiro atoms. The van der Waals surface area contributed by atoms with Gasteiger partial charge in [0, 0.05) is 37.5 Å². The maximum absolute atomic E-state index is 13.0. The summed E-state index contributed by atoms with van der Waals surface area (Å²) in [5, 5.41) is 28.9. The van der Waals surface area contributed by atoms with Crippen molar-refractivity contribution in [2.75, 3.05) is 23.7 Å². The summed E-state index contributed by atoms with van der Waals surface area (Å²) in [5.74, 6) is 0.495. The number of carbonyl (C=O) groups excluding carboxylic acids is 1. The number of pyridine rings is 1. The predicted octanol–water partition coefficient (Wildman–Crippen LogP) is 3.77. The highest BCUT2D eigenvalue weighted by molar-refractivity contribution is 5.99. The number of nitrogens with one attached hydrogen (secondary N) is 3. The van der Waals surface area contributed by atoms with E-state index in [0.717, 1.165) is 5.56 Å². The minimum atomic E-state index is -0.507. The molecule has 0 fully saturated rings. The van der Waals surface area contributed by atoms with Gasteiger partial charge in [0.05, 0.1) is 27.8 Å². The SMILES string of the molecule is N#Cc1ccc(-c2nc(NCCNc3ccc([N+](=O)[O-])cn3)ncc2C(=O)NCc2ccccc2)cc1. The van der Waals surface area contributed by atoms with E-state index in [-0.39, 0.29) is 11.6 Å². The minimum Gasteiger partial charge on any atom is -0.368 e. The summed E-state index contributed by atoms with van der Waals surface area (Å²) in [5.41, 5.74) is 2.78. The third-order valence-corrected chi connectivity index (χ3v) is 5.29. The molecule has 2 aromatic carbocycles. The molecule has 0 bridgehead atoms. The van der Waals surface area contributed by atoms with Gasteiger partial charge in [-0.2, -0.15) is 5.26 Å². The van der Waals surface area contributed by atoms with Gasteiger partial charge in [-0.1, -0.05) is 42.5 Å². The van der Waals surface area contributed by atoms with Crippen molar-refractivity contribution in [3.05, 3.63) is 106 Å². The molecule has 3 N–H and O–H groups in total. The number of benzene rings is 2. The summed E-state index contributed by atoms with van der Waals surface area (Å²) >= 11 is 0. The van der Waals surface area contributed by atoms with Gasteiger partial charge < -0.3 is 16.0 Å². The second kappa shape index (κ2) is 11.9. The molecular formula is C26H22N8O3. The van der Waals surface area contributed by atoms with Crippen LogP contribution in [0.15, 0.2) is 79.1 Å². The lowest BCUT2D eigenvalue weighted by atomic mass is 10.0. The molecule has 0 saturated heterocycles. The molecule has 0 aliphatic carbocycles. The number of amides is 1.